The van der Waals surface area contributed by atoms with Crippen molar-refractivity contribution in [2.75, 3.05) is 30.3 Å². The number of piperidine rings is 1. The third kappa shape index (κ3) is 3.96. The van der Waals surface area contributed by atoms with E-state index >= 15 is 0 Å². The van der Waals surface area contributed by atoms with Crippen LogP contribution in [0.15, 0.2) is 30.5 Å². The van der Waals surface area contributed by atoms with Crippen molar-refractivity contribution in [3.8, 4) is 0 Å². The van der Waals surface area contributed by atoms with E-state index in [0.29, 0.717) is 29.3 Å². The molecule has 1 aliphatic heterocycles. The molecule has 3 aromatic rings. The van der Waals surface area contributed by atoms with Crippen molar-refractivity contribution in [3.05, 3.63) is 47.7 Å². The van der Waals surface area contributed by atoms with Crippen LogP contribution < -0.4 is 16.0 Å². The average molecular weight is 412 g/mol. The fraction of sp³-hybridized carbons (Fsp3) is 0.455. The summed E-state index contributed by atoms with van der Waals surface area (Å²) >= 11 is 0. The van der Waals surface area contributed by atoms with Crippen LogP contribution in [0.25, 0.3) is 5.65 Å². The van der Waals surface area contributed by atoms with Crippen molar-refractivity contribution in [2.45, 2.75) is 32.1 Å². The molecule has 0 spiro atoms. The monoisotopic (exact) mass is 412 g/mol. The Kier molecular flexibility index (Phi) is 5.02. The average Bonchev–Trinajstić information content (AvgIpc) is 3.46. The number of nitrogens with one attached hydrogen (secondary N) is 3. The maximum Gasteiger partial charge on any atom is 0.163 e. The van der Waals surface area contributed by atoms with Gasteiger partial charge in [0.05, 0.1) is 6.20 Å². The first kappa shape index (κ1) is 19.2. The van der Waals surface area contributed by atoms with Crippen molar-refractivity contribution in [1.82, 2.24) is 19.9 Å². The molecule has 158 valence electrons. The maximum atomic E-state index is 13.7. The van der Waals surface area contributed by atoms with Gasteiger partial charge >= 0.3 is 0 Å². The lowest BCUT2D eigenvalue weighted by Crippen LogP contribution is -2.38. The van der Waals surface area contributed by atoms with E-state index < -0.39 is 11.6 Å². The van der Waals surface area contributed by atoms with Crippen LogP contribution >= 0.6 is 0 Å². The topological polar surface area (TPSA) is 66.3 Å². The van der Waals surface area contributed by atoms with E-state index in [0.717, 1.165) is 62.0 Å². The SMILES string of the molecule is C[C@H]1CNCC[C@@H]1CNc1cc(Nc2cc(F)cc(F)c2)n2ncc(C3CC3)c2n1. The third-order valence-corrected chi connectivity index (χ3v) is 6.16. The first-order valence-electron chi connectivity index (χ1n) is 10.6. The Bertz CT molecular complexity index is 1040. The van der Waals surface area contributed by atoms with E-state index in [2.05, 4.69) is 28.0 Å². The fourth-order valence-corrected chi connectivity index (χ4v) is 4.22. The minimum absolute atomic E-state index is 0.335. The molecule has 0 amide bonds. The second-order valence-corrected chi connectivity index (χ2v) is 8.53. The van der Waals surface area contributed by atoms with Crippen LogP contribution in [0.4, 0.5) is 26.1 Å². The number of hydrogen-bond acceptors (Lipinski definition) is 5. The summed E-state index contributed by atoms with van der Waals surface area (Å²) in [6.07, 6.45) is 5.27. The molecule has 2 atom stereocenters. The summed E-state index contributed by atoms with van der Waals surface area (Å²) in [5.74, 6) is 1.79. The zero-order valence-corrected chi connectivity index (χ0v) is 17.0. The van der Waals surface area contributed by atoms with Crippen LogP contribution in [-0.2, 0) is 0 Å². The molecule has 30 heavy (non-hydrogen) atoms. The predicted molar refractivity (Wildman–Crippen MR) is 113 cm³/mol. The summed E-state index contributed by atoms with van der Waals surface area (Å²) in [6, 6.07) is 5.25. The molecule has 0 radical (unpaired) electrons. The van der Waals surface area contributed by atoms with Gasteiger partial charge in [0.15, 0.2) is 5.65 Å². The zero-order chi connectivity index (χ0) is 20.7. The van der Waals surface area contributed by atoms with Crippen molar-refractivity contribution < 1.29 is 8.78 Å². The van der Waals surface area contributed by atoms with Crippen molar-refractivity contribution >= 4 is 23.0 Å². The Morgan fingerprint density at radius 1 is 1.13 bits per heavy atom. The zero-order valence-electron chi connectivity index (χ0n) is 17.0. The van der Waals surface area contributed by atoms with Gasteiger partial charge in [-0.25, -0.2) is 13.8 Å². The van der Waals surface area contributed by atoms with Gasteiger partial charge in [0, 0.05) is 29.9 Å². The molecule has 3 heterocycles. The van der Waals surface area contributed by atoms with Crippen molar-refractivity contribution in [1.29, 1.82) is 0 Å². The summed E-state index contributed by atoms with van der Waals surface area (Å²) in [4.78, 5) is 4.83. The number of fused-ring (bicyclic) bond motifs is 1. The second kappa shape index (κ2) is 7.83. The number of halogens is 2. The van der Waals surface area contributed by atoms with Gasteiger partial charge < -0.3 is 16.0 Å². The van der Waals surface area contributed by atoms with Gasteiger partial charge in [-0.15, -0.1) is 0 Å². The van der Waals surface area contributed by atoms with Crippen LogP contribution in [0.1, 0.15) is 37.7 Å². The summed E-state index contributed by atoms with van der Waals surface area (Å²) in [5.41, 5.74) is 2.25. The van der Waals surface area contributed by atoms with E-state index in [9.17, 15) is 8.78 Å². The second-order valence-electron chi connectivity index (χ2n) is 8.53. The van der Waals surface area contributed by atoms with E-state index in [1.54, 1.807) is 4.52 Å². The standard InChI is InChI=1S/C22H26F2N6/c1-13-10-25-5-4-15(13)11-26-20-9-21(28-18-7-16(23)6-17(24)8-18)30-22(29-20)19(12-27-30)14-2-3-14/h6-9,12-15,25,28H,2-5,10-11H2,1H3,(H,26,29)/t13-,15+/m0/s1. The maximum absolute atomic E-state index is 13.7. The molecule has 3 N–H and O–H groups in total. The number of rotatable bonds is 6. The molecule has 1 aromatic carbocycles. The summed E-state index contributed by atoms with van der Waals surface area (Å²) in [6.45, 7) is 5.18. The first-order chi connectivity index (χ1) is 14.6. The van der Waals surface area contributed by atoms with Gasteiger partial charge in [-0.1, -0.05) is 6.92 Å². The molecule has 5 rings (SSSR count). The molecule has 1 aliphatic carbocycles. The molecular formula is C22H26F2N6. The van der Waals surface area contributed by atoms with Crippen LogP contribution in [0.5, 0.6) is 0 Å². The Hall–Kier alpha value is -2.74. The Morgan fingerprint density at radius 3 is 2.67 bits per heavy atom. The molecule has 1 saturated carbocycles. The largest absolute Gasteiger partial charge is 0.370 e. The van der Waals surface area contributed by atoms with Crippen LogP contribution in [-0.4, -0.2) is 34.2 Å². The van der Waals surface area contributed by atoms with Gasteiger partial charge in [-0.2, -0.15) is 9.61 Å². The molecule has 2 aliphatic rings. The Labute approximate surface area is 174 Å². The van der Waals surface area contributed by atoms with Crippen molar-refractivity contribution in [3.63, 3.8) is 0 Å². The smallest absolute Gasteiger partial charge is 0.163 e. The summed E-state index contributed by atoms with van der Waals surface area (Å²) in [5, 5.41) is 14.5. The molecule has 2 fully saturated rings. The number of benzene rings is 1. The lowest BCUT2D eigenvalue weighted by atomic mass is 9.88. The molecule has 6 nitrogen and oxygen atoms in total. The predicted octanol–water partition coefficient (Wildman–Crippen LogP) is 4.29. The Balaban J connectivity index is 1.47. The number of hydrogen-bond donors (Lipinski definition) is 3. The number of nitrogens with zero attached hydrogens (tertiary/aromatic N) is 3. The van der Waals surface area contributed by atoms with E-state index in [4.69, 9.17) is 4.98 Å². The van der Waals surface area contributed by atoms with Crippen LogP contribution in [0, 0.1) is 23.5 Å². The highest BCUT2D eigenvalue weighted by molar-refractivity contribution is 5.66. The minimum Gasteiger partial charge on any atom is -0.370 e. The first-order valence-corrected chi connectivity index (χ1v) is 10.6. The van der Waals surface area contributed by atoms with Gasteiger partial charge in [0.1, 0.15) is 23.3 Å². The van der Waals surface area contributed by atoms with E-state index in [-0.39, 0.29) is 0 Å². The molecule has 1 saturated heterocycles. The van der Waals surface area contributed by atoms with E-state index in [1.165, 1.54) is 12.1 Å². The quantitative estimate of drug-likeness (QED) is 0.564. The molecule has 0 unspecified atom stereocenters. The van der Waals surface area contributed by atoms with E-state index in [1.807, 2.05) is 12.3 Å². The van der Waals surface area contributed by atoms with Gasteiger partial charge in [0.25, 0.3) is 0 Å². The van der Waals surface area contributed by atoms with Crippen LogP contribution in [0.3, 0.4) is 0 Å². The van der Waals surface area contributed by atoms with Gasteiger partial charge in [0.2, 0.25) is 0 Å². The molecular weight excluding hydrogens is 386 g/mol. The lowest BCUT2D eigenvalue weighted by Gasteiger charge is -2.29. The number of aromatic nitrogens is 3. The summed E-state index contributed by atoms with van der Waals surface area (Å²) < 4.78 is 29.1. The van der Waals surface area contributed by atoms with Crippen LogP contribution in [0.2, 0.25) is 0 Å². The minimum atomic E-state index is -0.625. The summed E-state index contributed by atoms with van der Waals surface area (Å²) in [7, 11) is 0. The normalized spacial score (nSPS) is 21.7. The molecule has 2 aromatic heterocycles. The highest BCUT2D eigenvalue weighted by Crippen LogP contribution is 2.42. The molecule has 8 heteroatoms. The fourth-order valence-electron chi connectivity index (χ4n) is 4.22. The highest BCUT2D eigenvalue weighted by Gasteiger charge is 2.28. The Morgan fingerprint density at radius 2 is 1.93 bits per heavy atom. The van der Waals surface area contributed by atoms with Gasteiger partial charge in [-0.05, 0) is 62.2 Å². The highest BCUT2D eigenvalue weighted by atomic mass is 19.1. The molecule has 0 bridgehead atoms. The van der Waals surface area contributed by atoms with Crippen molar-refractivity contribution in [2.24, 2.45) is 11.8 Å². The van der Waals surface area contributed by atoms with Gasteiger partial charge in [-0.3, -0.25) is 0 Å². The lowest BCUT2D eigenvalue weighted by molar-refractivity contribution is 0.286. The number of anilines is 3. The third-order valence-electron chi connectivity index (χ3n) is 6.16.